The van der Waals surface area contributed by atoms with Gasteiger partial charge in [0.1, 0.15) is 0 Å². The summed E-state index contributed by atoms with van der Waals surface area (Å²) in [5, 5.41) is 9.41. The highest BCUT2D eigenvalue weighted by atomic mass is 16.3. The van der Waals surface area contributed by atoms with E-state index in [2.05, 4.69) is 0 Å². The van der Waals surface area contributed by atoms with Gasteiger partial charge in [-0.15, -0.1) is 0 Å². The van der Waals surface area contributed by atoms with Gasteiger partial charge in [-0.25, -0.2) is 0 Å². The fourth-order valence-electron chi connectivity index (χ4n) is 1.20. The van der Waals surface area contributed by atoms with Crippen molar-refractivity contribution >= 4 is 5.57 Å². The van der Waals surface area contributed by atoms with Crippen LogP contribution in [-0.2, 0) is 0 Å². The van der Waals surface area contributed by atoms with E-state index < -0.39 is 0 Å². The molecule has 0 radical (unpaired) electrons. The molecule has 70 valence electrons. The summed E-state index contributed by atoms with van der Waals surface area (Å²) >= 11 is 0. The van der Waals surface area contributed by atoms with Crippen molar-refractivity contribution in [2.75, 3.05) is 0 Å². The molecular weight excluding hydrogens is 160 g/mol. The predicted molar refractivity (Wildman–Crippen MR) is 56.4 cm³/mol. The number of rotatable bonds is 3. The molecule has 13 heavy (non-hydrogen) atoms. The Hall–Kier alpha value is -1.08. The van der Waals surface area contributed by atoms with Crippen molar-refractivity contribution in [3.05, 3.63) is 42.0 Å². The fourth-order valence-corrected chi connectivity index (χ4v) is 1.20. The molecule has 1 nitrogen and oxygen atoms in total. The summed E-state index contributed by atoms with van der Waals surface area (Å²) in [6, 6.07) is 10.1. The lowest BCUT2D eigenvalue weighted by Crippen LogP contribution is -1.99. The van der Waals surface area contributed by atoms with Gasteiger partial charge in [-0.3, -0.25) is 0 Å². The van der Waals surface area contributed by atoms with Crippen LogP contribution < -0.4 is 0 Å². The molecule has 0 amide bonds. The summed E-state index contributed by atoms with van der Waals surface area (Å²) in [4.78, 5) is 0. The molecule has 1 aromatic carbocycles. The Bertz CT molecular complexity index is 274. The maximum Gasteiger partial charge on any atom is 0.0724 e. The summed E-state index contributed by atoms with van der Waals surface area (Å²) in [5.41, 5.74) is 2.31. The quantitative estimate of drug-likeness (QED) is 0.750. The van der Waals surface area contributed by atoms with Gasteiger partial charge in [-0.05, 0) is 24.5 Å². The molecular formula is C12H16O. The number of benzene rings is 1. The number of aliphatic hydroxyl groups excluding tert-OH is 1. The molecule has 1 N–H and O–H groups in total. The molecule has 1 heteroatoms. The van der Waals surface area contributed by atoms with Crippen molar-refractivity contribution in [2.24, 2.45) is 0 Å². The van der Waals surface area contributed by atoms with Gasteiger partial charge < -0.3 is 5.11 Å². The second-order valence-corrected chi connectivity index (χ2v) is 3.19. The Morgan fingerprint density at radius 3 is 2.54 bits per heavy atom. The van der Waals surface area contributed by atoms with Crippen molar-refractivity contribution in [1.82, 2.24) is 0 Å². The maximum absolute atomic E-state index is 9.41. The smallest absolute Gasteiger partial charge is 0.0724 e. The number of aliphatic hydroxyl groups is 1. The zero-order valence-electron chi connectivity index (χ0n) is 8.20. The number of hydrogen-bond donors (Lipinski definition) is 1. The molecule has 1 rings (SSSR count). The van der Waals surface area contributed by atoms with Crippen LogP contribution in [0.2, 0.25) is 0 Å². The van der Waals surface area contributed by atoms with E-state index in [9.17, 15) is 5.11 Å². The van der Waals surface area contributed by atoms with Crippen LogP contribution >= 0.6 is 0 Å². The van der Waals surface area contributed by atoms with Crippen LogP contribution in [-0.4, -0.2) is 11.2 Å². The van der Waals surface area contributed by atoms with Crippen molar-refractivity contribution in [3.63, 3.8) is 0 Å². The van der Waals surface area contributed by atoms with Crippen LogP contribution in [0.4, 0.5) is 0 Å². The first kappa shape index (κ1) is 10.0. The average molecular weight is 176 g/mol. The highest BCUT2D eigenvalue weighted by Gasteiger charge is 1.98. The monoisotopic (exact) mass is 176 g/mol. The Morgan fingerprint density at radius 2 is 2.00 bits per heavy atom. The highest BCUT2D eigenvalue weighted by molar-refractivity contribution is 5.63. The Balaban J connectivity index is 2.79. The third kappa shape index (κ3) is 3.03. The van der Waals surface area contributed by atoms with E-state index in [0.717, 1.165) is 12.0 Å². The van der Waals surface area contributed by atoms with Crippen molar-refractivity contribution in [1.29, 1.82) is 0 Å². The summed E-state index contributed by atoms with van der Waals surface area (Å²) in [6.07, 6.45) is 2.35. The second-order valence-electron chi connectivity index (χ2n) is 3.19. The van der Waals surface area contributed by atoms with Crippen LogP contribution in [0.1, 0.15) is 25.8 Å². The van der Waals surface area contributed by atoms with Gasteiger partial charge in [0.15, 0.2) is 0 Å². The topological polar surface area (TPSA) is 20.2 Å². The molecule has 0 spiro atoms. The minimum Gasteiger partial charge on any atom is -0.389 e. The third-order valence-corrected chi connectivity index (χ3v) is 2.09. The molecule has 0 aromatic heterocycles. The van der Waals surface area contributed by atoms with Crippen LogP contribution in [0.5, 0.6) is 0 Å². The van der Waals surface area contributed by atoms with Crippen LogP contribution in [0, 0.1) is 0 Å². The van der Waals surface area contributed by atoms with Crippen molar-refractivity contribution in [3.8, 4) is 0 Å². The Labute approximate surface area is 79.7 Å². The lowest BCUT2D eigenvalue weighted by molar-refractivity contribution is 0.219. The maximum atomic E-state index is 9.41. The summed E-state index contributed by atoms with van der Waals surface area (Å²) in [6.45, 7) is 3.99. The lowest BCUT2D eigenvalue weighted by atomic mass is 10.1. The minimum absolute atomic E-state index is 0.319. The highest BCUT2D eigenvalue weighted by Crippen LogP contribution is 2.13. The van der Waals surface area contributed by atoms with Gasteiger partial charge in [0.25, 0.3) is 0 Å². The summed E-state index contributed by atoms with van der Waals surface area (Å²) < 4.78 is 0. The molecule has 0 aliphatic rings. The number of allylic oxidation sites excluding steroid dienone is 1. The van der Waals surface area contributed by atoms with Gasteiger partial charge in [0.05, 0.1) is 6.10 Å². The van der Waals surface area contributed by atoms with Gasteiger partial charge in [0, 0.05) is 0 Å². The van der Waals surface area contributed by atoms with E-state index in [4.69, 9.17) is 0 Å². The SMILES string of the molecule is CCC(O)/C=C(/C)c1ccccc1. The first-order chi connectivity index (χ1) is 6.24. The van der Waals surface area contributed by atoms with Crippen molar-refractivity contribution in [2.45, 2.75) is 26.4 Å². The standard InChI is InChI=1S/C12H16O/c1-3-12(13)9-10(2)11-7-5-4-6-8-11/h4-9,12-13H,3H2,1-2H3/b10-9-. The fraction of sp³-hybridized carbons (Fsp3) is 0.333. The molecule has 1 unspecified atom stereocenters. The van der Waals surface area contributed by atoms with Crippen molar-refractivity contribution < 1.29 is 5.11 Å². The largest absolute Gasteiger partial charge is 0.389 e. The van der Waals surface area contributed by atoms with Gasteiger partial charge >= 0.3 is 0 Å². The Morgan fingerprint density at radius 1 is 1.38 bits per heavy atom. The molecule has 0 fully saturated rings. The zero-order valence-corrected chi connectivity index (χ0v) is 8.20. The van der Waals surface area contributed by atoms with E-state index in [1.807, 2.05) is 50.3 Å². The van der Waals surface area contributed by atoms with E-state index in [1.165, 1.54) is 5.56 Å². The minimum atomic E-state index is -0.319. The van der Waals surface area contributed by atoms with Gasteiger partial charge in [-0.1, -0.05) is 43.3 Å². The van der Waals surface area contributed by atoms with Crippen LogP contribution in [0.3, 0.4) is 0 Å². The normalized spacial score (nSPS) is 14.2. The van der Waals surface area contributed by atoms with E-state index in [1.54, 1.807) is 0 Å². The molecule has 0 heterocycles. The molecule has 0 saturated heterocycles. The van der Waals surface area contributed by atoms with Gasteiger partial charge in [0.2, 0.25) is 0 Å². The first-order valence-electron chi connectivity index (χ1n) is 4.66. The van der Waals surface area contributed by atoms with Crippen LogP contribution in [0.25, 0.3) is 5.57 Å². The number of hydrogen-bond acceptors (Lipinski definition) is 1. The lowest BCUT2D eigenvalue weighted by Gasteiger charge is -2.04. The van der Waals surface area contributed by atoms with Gasteiger partial charge in [-0.2, -0.15) is 0 Å². The zero-order chi connectivity index (χ0) is 9.68. The third-order valence-electron chi connectivity index (χ3n) is 2.09. The molecule has 1 atom stereocenters. The summed E-state index contributed by atoms with van der Waals surface area (Å²) in [7, 11) is 0. The molecule has 1 aromatic rings. The Kier molecular flexibility index (Phi) is 3.71. The predicted octanol–water partition coefficient (Wildman–Crippen LogP) is 2.86. The van der Waals surface area contributed by atoms with E-state index in [-0.39, 0.29) is 6.10 Å². The van der Waals surface area contributed by atoms with E-state index in [0.29, 0.717) is 0 Å². The van der Waals surface area contributed by atoms with E-state index >= 15 is 0 Å². The average Bonchev–Trinajstić information content (AvgIpc) is 2.19. The molecule has 0 aliphatic heterocycles. The first-order valence-corrected chi connectivity index (χ1v) is 4.66. The van der Waals surface area contributed by atoms with Crippen LogP contribution in [0.15, 0.2) is 36.4 Å². The summed E-state index contributed by atoms with van der Waals surface area (Å²) in [5.74, 6) is 0. The molecule has 0 bridgehead atoms. The molecule has 0 aliphatic carbocycles. The molecule has 0 saturated carbocycles. The second kappa shape index (κ2) is 4.83.